The third kappa shape index (κ3) is 4.94. The van der Waals surface area contributed by atoms with Crippen LogP contribution in [0.5, 0.6) is 0 Å². The SMILES string of the molecule is C=CCCCCCCCCC(=O)O[C@@]1(O)CC[C@@]2(C)C(=CC[C@@H]3[C@@H]2CC[C@]2(C)C(=O)CC[C@@H]32)C1. The lowest BCUT2D eigenvalue weighted by Crippen LogP contribution is -2.53. The molecule has 0 aromatic carbocycles. The second-order valence-corrected chi connectivity index (χ2v) is 12.2. The number of allylic oxidation sites excluding steroid dienone is 2. The predicted molar refractivity (Wildman–Crippen MR) is 135 cm³/mol. The maximum atomic E-state index is 12.6. The topological polar surface area (TPSA) is 63.6 Å². The van der Waals surface area contributed by atoms with Crippen LogP contribution >= 0.6 is 0 Å². The van der Waals surface area contributed by atoms with Gasteiger partial charge in [-0.25, -0.2) is 0 Å². The van der Waals surface area contributed by atoms with Gasteiger partial charge in [0, 0.05) is 31.1 Å². The summed E-state index contributed by atoms with van der Waals surface area (Å²) in [7, 11) is 0. The molecule has 6 atom stereocenters. The third-order valence-electron chi connectivity index (χ3n) is 10.2. The lowest BCUT2D eigenvalue weighted by Gasteiger charge is -2.57. The van der Waals surface area contributed by atoms with Crippen LogP contribution in [0.25, 0.3) is 0 Å². The highest BCUT2D eigenvalue weighted by Gasteiger charge is 2.59. The molecule has 4 nitrogen and oxygen atoms in total. The first-order valence-electron chi connectivity index (χ1n) is 14.0. The Balaban J connectivity index is 1.29. The van der Waals surface area contributed by atoms with Crippen molar-refractivity contribution in [1.29, 1.82) is 0 Å². The number of ketones is 1. The maximum Gasteiger partial charge on any atom is 0.308 e. The Bertz CT molecular complexity index is 815. The number of aliphatic hydroxyl groups is 1. The van der Waals surface area contributed by atoms with Crippen LogP contribution in [0.15, 0.2) is 24.3 Å². The van der Waals surface area contributed by atoms with E-state index < -0.39 is 5.79 Å². The van der Waals surface area contributed by atoms with Gasteiger partial charge in [0.2, 0.25) is 5.79 Å². The molecule has 1 N–H and O–H groups in total. The van der Waals surface area contributed by atoms with E-state index in [1.54, 1.807) is 0 Å². The molecule has 0 heterocycles. The van der Waals surface area contributed by atoms with E-state index in [1.807, 2.05) is 6.08 Å². The molecule has 4 heteroatoms. The highest BCUT2D eigenvalue weighted by atomic mass is 16.7. The second kappa shape index (κ2) is 10.3. The summed E-state index contributed by atoms with van der Waals surface area (Å²) in [5.74, 6) is 0.520. The summed E-state index contributed by atoms with van der Waals surface area (Å²) in [6.07, 6.45) is 19.2. The van der Waals surface area contributed by atoms with Crippen LogP contribution in [0.1, 0.15) is 117 Å². The summed E-state index contributed by atoms with van der Waals surface area (Å²) >= 11 is 0. The van der Waals surface area contributed by atoms with Crippen LogP contribution in [-0.4, -0.2) is 22.6 Å². The highest BCUT2D eigenvalue weighted by molar-refractivity contribution is 5.87. The number of hydrogen-bond donors (Lipinski definition) is 1. The van der Waals surface area contributed by atoms with Crippen LogP contribution in [0.4, 0.5) is 0 Å². The molecule has 0 saturated heterocycles. The van der Waals surface area contributed by atoms with Crippen molar-refractivity contribution < 1.29 is 19.4 Å². The minimum absolute atomic E-state index is 0.0557. The molecule has 190 valence electrons. The second-order valence-electron chi connectivity index (χ2n) is 12.2. The first-order valence-corrected chi connectivity index (χ1v) is 14.0. The molecular weight excluding hydrogens is 424 g/mol. The molecule has 34 heavy (non-hydrogen) atoms. The van der Waals surface area contributed by atoms with Crippen molar-refractivity contribution >= 4 is 11.8 Å². The molecule has 3 saturated carbocycles. The molecule has 0 aromatic rings. The number of hydrogen-bond acceptors (Lipinski definition) is 4. The van der Waals surface area contributed by atoms with Crippen LogP contribution < -0.4 is 0 Å². The normalized spacial score (nSPS) is 39.0. The lowest BCUT2D eigenvalue weighted by atomic mass is 9.48. The van der Waals surface area contributed by atoms with E-state index in [1.165, 1.54) is 24.8 Å². The molecule has 0 bridgehead atoms. The third-order valence-corrected chi connectivity index (χ3v) is 10.2. The summed E-state index contributed by atoms with van der Waals surface area (Å²) < 4.78 is 5.69. The standard InChI is InChI=1S/C30H46O4/c1-4-5-6-7-8-9-10-11-12-27(32)34-30(33)20-19-28(2)22(21-30)13-14-23-24-15-16-26(31)29(24,3)18-17-25(23)28/h4,13,23-25,33H,1,5-12,14-21H2,2-3H3/t23-,24-,25-,28-,29-,30-/m0/s1. The maximum absolute atomic E-state index is 12.6. The molecule has 3 fully saturated rings. The lowest BCUT2D eigenvalue weighted by molar-refractivity contribution is -0.223. The van der Waals surface area contributed by atoms with Crippen molar-refractivity contribution in [3.05, 3.63) is 24.3 Å². The van der Waals surface area contributed by atoms with Gasteiger partial charge in [-0.2, -0.15) is 0 Å². The van der Waals surface area contributed by atoms with E-state index in [0.717, 1.165) is 64.2 Å². The predicted octanol–water partition coefficient (Wildman–Crippen LogP) is 7.06. The van der Waals surface area contributed by atoms with Gasteiger partial charge >= 0.3 is 5.97 Å². The van der Waals surface area contributed by atoms with Crippen molar-refractivity contribution in [3.63, 3.8) is 0 Å². The first kappa shape index (κ1) is 25.7. The molecule has 0 amide bonds. The Labute approximate surface area is 206 Å². The van der Waals surface area contributed by atoms with Crippen molar-refractivity contribution in [2.45, 2.75) is 122 Å². The molecule has 0 radical (unpaired) electrons. The number of unbranched alkanes of at least 4 members (excludes halogenated alkanes) is 6. The average Bonchev–Trinajstić information content (AvgIpc) is 3.10. The number of carbonyl (C=O) groups excluding carboxylic acids is 2. The van der Waals surface area contributed by atoms with E-state index in [-0.39, 0.29) is 16.8 Å². The molecule has 4 aliphatic rings. The van der Waals surface area contributed by atoms with Gasteiger partial charge in [-0.15, -0.1) is 6.58 Å². The average molecular weight is 471 g/mol. The Kier molecular flexibility index (Phi) is 7.77. The monoisotopic (exact) mass is 470 g/mol. The van der Waals surface area contributed by atoms with E-state index in [9.17, 15) is 14.7 Å². The number of rotatable bonds is 10. The van der Waals surface area contributed by atoms with E-state index in [4.69, 9.17) is 4.74 Å². The fourth-order valence-corrected chi connectivity index (χ4v) is 8.00. The zero-order chi connectivity index (χ0) is 24.4. The van der Waals surface area contributed by atoms with Gasteiger partial charge in [-0.3, -0.25) is 9.59 Å². The minimum Gasteiger partial charge on any atom is -0.433 e. The van der Waals surface area contributed by atoms with E-state index >= 15 is 0 Å². The molecule has 4 aliphatic carbocycles. The Hall–Kier alpha value is -1.42. The highest BCUT2D eigenvalue weighted by Crippen LogP contribution is 2.64. The number of fused-ring (bicyclic) bond motifs is 5. The zero-order valence-corrected chi connectivity index (χ0v) is 21.6. The van der Waals surface area contributed by atoms with Crippen molar-refractivity contribution in [1.82, 2.24) is 0 Å². The summed E-state index contributed by atoms with van der Waals surface area (Å²) in [6.45, 7) is 8.34. The van der Waals surface area contributed by atoms with Crippen LogP contribution in [0.2, 0.25) is 0 Å². The molecular formula is C30H46O4. The molecule has 4 rings (SSSR count). The van der Waals surface area contributed by atoms with Crippen LogP contribution in [0.3, 0.4) is 0 Å². The van der Waals surface area contributed by atoms with Gasteiger partial charge in [-0.05, 0) is 74.5 Å². The smallest absolute Gasteiger partial charge is 0.308 e. The molecule has 0 aliphatic heterocycles. The van der Waals surface area contributed by atoms with Gasteiger partial charge in [0.1, 0.15) is 5.78 Å². The zero-order valence-electron chi connectivity index (χ0n) is 21.6. The quantitative estimate of drug-likeness (QED) is 0.161. The number of Topliss-reactive ketones (excluding diaryl/α,β-unsaturated/α-hetero) is 1. The minimum atomic E-state index is -1.35. The van der Waals surface area contributed by atoms with Gasteiger partial charge in [0.15, 0.2) is 0 Å². The van der Waals surface area contributed by atoms with Crippen molar-refractivity contribution in [2.75, 3.05) is 0 Å². The summed E-state index contributed by atoms with van der Waals surface area (Å²) in [6, 6.07) is 0. The van der Waals surface area contributed by atoms with Crippen molar-refractivity contribution in [3.8, 4) is 0 Å². The summed E-state index contributed by atoms with van der Waals surface area (Å²) in [5.41, 5.74) is 1.22. The Morgan fingerprint density at radius 3 is 2.53 bits per heavy atom. The molecule has 0 aromatic heterocycles. The number of ether oxygens (including phenoxy) is 1. The van der Waals surface area contributed by atoms with Crippen LogP contribution in [0, 0.1) is 28.6 Å². The van der Waals surface area contributed by atoms with Gasteiger partial charge in [0.25, 0.3) is 0 Å². The largest absolute Gasteiger partial charge is 0.433 e. The fourth-order valence-electron chi connectivity index (χ4n) is 8.00. The molecule has 0 unspecified atom stereocenters. The first-order chi connectivity index (χ1) is 16.2. The van der Waals surface area contributed by atoms with Gasteiger partial charge in [0.05, 0.1) is 0 Å². The number of carbonyl (C=O) groups is 2. The summed E-state index contributed by atoms with van der Waals surface area (Å²) in [5, 5.41) is 11.2. The van der Waals surface area contributed by atoms with E-state index in [0.29, 0.717) is 42.8 Å². The number of esters is 1. The summed E-state index contributed by atoms with van der Waals surface area (Å²) in [4.78, 5) is 25.1. The Morgan fingerprint density at radius 1 is 1.06 bits per heavy atom. The van der Waals surface area contributed by atoms with Gasteiger partial charge < -0.3 is 9.84 Å². The fraction of sp³-hybridized carbons (Fsp3) is 0.800. The Morgan fingerprint density at radius 2 is 1.76 bits per heavy atom. The van der Waals surface area contributed by atoms with Crippen molar-refractivity contribution in [2.24, 2.45) is 28.6 Å². The van der Waals surface area contributed by atoms with Gasteiger partial charge in [-0.1, -0.05) is 57.3 Å². The van der Waals surface area contributed by atoms with Crippen LogP contribution in [-0.2, 0) is 14.3 Å². The molecule has 0 spiro atoms. The van der Waals surface area contributed by atoms with E-state index in [2.05, 4.69) is 26.5 Å².